The molecule has 0 aromatic heterocycles. The third-order valence-corrected chi connectivity index (χ3v) is 5.07. The number of hydrogen-bond donors (Lipinski definition) is 0. The van der Waals surface area contributed by atoms with Gasteiger partial charge in [0, 0.05) is 11.4 Å². The van der Waals surface area contributed by atoms with Gasteiger partial charge in [-0.2, -0.15) is 0 Å². The van der Waals surface area contributed by atoms with Crippen molar-refractivity contribution in [2.75, 3.05) is 12.0 Å². The maximum absolute atomic E-state index is 13.0. The Kier molecular flexibility index (Phi) is 5.40. The monoisotopic (exact) mass is 401 g/mol. The third kappa shape index (κ3) is 3.64. The van der Waals surface area contributed by atoms with E-state index in [0.717, 1.165) is 11.3 Å². The normalized spacial score (nSPS) is 15.7. The molecular formula is C21H17Cl2NO3. The Hall–Kier alpha value is -2.56. The molecule has 4 nitrogen and oxygen atoms in total. The number of carbonyl (C=O) groups is 2. The fourth-order valence-electron chi connectivity index (χ4n) is 2.95. The Bertz CT molecular complexity index is 991. The van der Waals surface area contributed by atoms with Gasteiger partial charge < -0.3 is 9.64 Å². The van der Waals surface area contributed by atoms with E-state index in [4.69, 9.17) is 27.9 Å². The van der Waals surface area contributed by atoms with Crippen molar-refractivity contribution in [3.63, 3.8) is 0 Å². The van der Waals surface area contributed by atoms with E-state index in [-0.39, 0.29) is 5.57 Å². The molecule has 0 N–H and O–H groups in total. The molecule has 0 unspecified atom stereocenters. The van der Waals surface area contributed by atoms with Gasteiger partial charge in [0.1, 0.15) is 5.57 Å². The van der Waals surface area contributed by atoms with Gasteiger partial charge in [0.05, 0.1) is 22.9 Å². The van der Waals surface area contributed by atoms with Crippen LogP contribution in [0.2, 0.25) is 10.0 Å². The highest BCUT2D eigenvalue weighted by Crippen LogP contribution is 2.36. The Morgan fingerprint density at radius 2 is 1.70 bits per heavy atom. The molecule has 2 aromatic rings. The van der Waals surface area contributed by atoms with Crippen LogP contribution in [0.5, 0.6) is 0 Å². The van der Waals surface area contributed by atoms with Crippen molar-refractivity contribution >= 4 is 46.7 Å². The van der Waals surface area contributed by atoms with E-state index in [1.807, 2.05) is 31.2 Å². The van der Waals surface area contributed by atoms with Gasteiger partial charge in [-0.25, -0.2) is 4.79 Å². The number of anilines is 1. The van der Waals surface area contributed by atoms with E-state index < -0.39 is 11.8 Å². The highest BCUT2D eigenvalue weighted by Gasteiger charge is 2.38. The van der Waals surface area contributed by atoms with Crippen molar-refractivity contribution in [1.29, 1.82) is 0 Å². The van der Waals surface area contributed by atoms with Gasteiger partial charge in [0.25, 0.3) is 0 Å². The molecule has 0 atom stereocenters. The number of Topliss-reactive ketones (excluding diaryl/α,β-unsaturated/α-hetero) is 1. The molecule has 6 heteroatoms. The van der Waals surface area contributed by atoms with Crippen LogP contribution in [-0.2, 0) is 14.3 Å². The van der Waals surface area contributed by atoms with Gasteiger partial charge in [-0.05, 0) is 49.8 Å². The molecule has 0 spiro atoms. The number of ketones is 1. The summed E-state index contributed by atoms with van der Waals surface area (Å²) < 4.78 is 4.80. The van der Waals surface area contributed by atoms with Gasteiger partial charge in [-0.1, -0.05) is 47.0 Å². The number of aryl methyl sites for hydroxylation is 1. The van der Waals surface area contributed by atoms with Crippen molar-refractivity contribution in [1.82, 2.24) is 0 Å². The standard InChI is InChI=1S/C21H17Cl2NO3/c1-12-4-7-15(8-5-12)24-13(2)19(21(26)27-3)20(25)18(24)11-14-6-9-16(22)17(23)10-14/h4-11H,1-3H3/b18-11+. The smallest absolute Gasteiger partial charge is 0.343 e. The SMILES string of the molecule is COC(=O)C1=C(C)N(c2ccc(C)cc2)/C(=C/c2ccc(Cl)c(Cl)c2)C1=O. The average molecular weight is 402 g/mol. The molecule has 0 saturated heterocycles. The maximum atomic E-state index is 13.0. The van der Waals surface area contributed by atoms with Crippen LogP contribution >= 0.6 is 23.2 Å². The van der Waals surface area contributed by atoms with Crippen LogP contribution in [0.1, 0.15) is 18.1 Å². The van der Waals surface area contributed by atoms with E-state index in [9.17, 15) is 9.59 Å². The first-order valence-corrected chi connectivity index (χ1v) is 8.96. The van der Waals surface area contributed by atoms with E-state index in [1.54, 1.807) is 36.1 Å². The number of hydrogen-bond acceptors (Lipinski definition) is 4. The van der Waals surface area contributed by atoms with Crippen molar-refractivity contribution in [3.8, 4) is 0 Å². The number of ether oxygens (including phenoxy) is 1. The Balaban J connectivity index is 2.16. The van der Waals surface area contributed by atoms with E-state index >= 15 is 0 Å². The molecule has 0 saturated carbocycles. The lowest BCUT2D eigenvalue weighted by Crippen LogP contribution is -2.18. The zero-order valence-corrected chi connectivity index (χ0v) is 16.6. The Labute approximate surface area is 167 Å². The van der Waals surface area contributed by atoms with Crippen LogP contribution in [0.4, 0.5) is 5.69 Å². The lowest BCUT2D eigenvalue weighted by atomic mass is 10.1. The quantitative estimate of drug-likeness (QED) is 0.403. The molecule has 0 amide bonds. The molecule has 27 heavy (non-hydrogen) atoms. The number of allylic oxidation sites excluding steroid dienone is 2. The lowest BCUT2D eigenvalue weighted by Gasteiger charge is -2.21. The molecule has 1 heterocycles. The molecule has 138 valence electrons. The largest absolute Gasteiger partial charge is 0.465 e. The molecule has 0 bridgehead atoms. The lowest BCUT2D eigenvalue weighted by molar-refractivity contribution is -0.137. The van der Waals surface area contributed by atoms with Crippen molar-refractivity contribution < 1.29 is 14.3 Å². The topological polar surface area (TPSA) is 46.6 Å². The Morgan fingerprint density at radius 3 is 2.30 bits per heavy atom. The number of methoxy groups -OCH3 is 1. The summed E-state index contributed by atoms with van der Waals surface area (Å²) in [5, 5.41) is 0.813. The summed E-state index contributed by atoms with van der Waals surface area (Å²) in [6.45, 7) is 3.70. The molecule has 2 aromatic carbocycles. The fraction of sp³-hybridized carbons (Fsp3) is 0.143. The van der Waals surface area contributed by atoms with Crippen LogP contribution in [0.15, 0.2) is 59.4 Å². The fourth-order valence-corrected chi connectivity index (χ4v) is 3.25. The third-order valence-electron chi connectivity index (χ3n) is 4.33. The molecule has 0 radical (unpaired) electrons. The summed E-state index contributed by atoms with van der Waals surface area (Å²) in [5.41, 5.74) is 3.44. The number of benzene rings is 2. The number of esters is 1. The van der Waals surface area contributed by atoms with Gasteiger partial charge in [0.15, 0.2) is 0 Å². The van der Waals surface area contributed by atoms with Gasteiger partial charge in [-0.3, -0.25) is 4.79 Å². The highest BCUT2D eigenvalue weighted by molar-refractivity contribution is 6.42. The first-order chi connectivity index (χ1) is 12.8. The second-order valence-electron chi connectivity index (χ2n) is 6.16. The van der Waals surface area contributed by atoms with Crippen molar-refractivity contribution in [2.45, 2.75) is 13.8 Å². The molecule has 0 fully saturated rings. The molecule has 1 aliphatic heterocycles. The Morgan fingerprint density at radius 1 is 1.04 bits per heavy atom. The second kappa shape index (κ2) is 7.59. The van der Waals surface area contributed by atoms with Crippen LogP contribution in [-0.4, -0.2) is 18.9 Å². The van der Waals surface area contributed by atoms with Gasteiger partial charge in [-0.15, -0.1) is 0 Å². The first kappa shape index (κ1) is 19.2. The van der Waals surface area contributed by atoms with Crippen molar-refractivity contribution in [2.24, 2.45) is 0 Å². The predicted octanol–water partition coefficient (Wildman–Crippen LogP) is 5.18. The van der Waals surface area contributed by atoms with Gasteiger partial charge >= 0.3 is 5.97 Å². The number of nitrogens with zero attached hydrogens (tertiary/aromatic N) is 1. The zero-order valence-electron chi connectivity index (χ0n) is 15.0. The number of carbonyl (C=O) groups excluding carboxylic acids is 2. The van der Waals surface area contributed by atoms with E-state index in [1.165, 1.54) is 7.11 Å². The summed E-state index contributed by atoms with van der Waals surface area (Å²) in [4.78, 5) is 26.9. The van der Waals surface area contributed by atoms with Gasteiger partial charge in [0.2, 0.25) is 5.78 Å². The number of rotatable bonds is 3. The maximum Gasteiger partial charge on any atom is 0.343 e. The van der Waals surface area contributed by atoms with E-state index in [2.05, 4.69) is 0 Å². The summed E-state index contributed by atoms with van der Waals surface area (Å²) in [5.74, 6) is -1.06. The van der Waals surface area contributed by atoms with Crippen LogP contribution < -0.4 is 4.90 Å². The second-order valence-corrected chi connectivity index (χ2v) is 6.97. The average Bonchev–Trinajstić information content (AvgIpc) is 2.88. The summed E-state index contributed by atoms with van der Waals surface area (Å²) in [6.07, 6.45) is 1.68. The van der Waals surface area contributed by atoms with E-state index in [0.29, 0.717) is 27.0 Å². The molecule has 1 aliphatic rings. The molecular weight excluding hydrogens is 385 g/mol. The van der Waals surface area contributed by atoms with Crippen LogP contribution in [0.25, 0.3) is 6.08 Å². The number of halogens is 2. The van der Waals surface area contributed by atoms with Crippen LogP contribution in [0.3, 0.4) is 0 Å². The first-order valence-electron chi connectivity index (χ1n) is 8.21. The van der Waals surface area contributed by atoms with Crippen LogP contribution in [0, 0.1) is 6.92 Å². The summed E-state index contributed by atoms with van der Waals surface area (Å²) >= 11 is 12.1. The minimum Gasteiger partial charge on any atom is -0.465 e. The summed E-state index contributed by atoms with van der Waals surface area (Å²) in [6, 6.07) is 12.8. The summed E-state index contributed by atoms with van der Waals surface area (Å²) in [7, 11) is 1.26. The minimum absolute atomic E-state index is 0.0179. The zero-order chi connectivity index (χ0) is 19.7. The predicted molar refractivity (Wildman–Crippen MR) is 108 cm³/mol. The molecule has 3 rings (SSSR count). The highest BCUT2D eigenvalue weighted by atomic mass is 35.5. The molecule has 0 aliphatic carbocycles. The minimum atomic E-state index is -0.660. The van der Waals surface area contributed by atoms with Crippen molar-refractivity contribution in [3.05, 3.63) is 80.6 Å².